The van der Waals surface area contributed by atoms with Gasteiger partial charge in [-0.1, -0.05) is 26.5 Å². The van der Waals surface area contributed by atoms with Crippen molar-refractivity contribution in [3.05, 3.63) is 24.3 Å². The Balaban J connectivity index is 2.05. The maximum Gasteiger partial charge on any atom is 0.336 e. The molecule has 142 valence electrons. The van der Waals surface area contributed by atoms with Gasteiger partial charge >= 0.3 is 11.9 Å². The number of hydrogen-bond acceptors (Lipinski definition) is 6. The van der Waals surface area contributed by atoms with E-state index in [1.165, 1.54) is 6.92 Å². The van der Waals surface area contributed by atoms with E-state index in [0.29, 0.717) is 6.42 Å². The van der Waals surface area contributed by atoms with Crippen LogP contribution in [-0.4, -0.2) is 41.1 Å². The number of ketones is 1. The summed E-state index contributed by atoms with van der Waals surface area (Å²) in [4.78, 5) is 37.5. The van der Waals surface area contributed by atoms with Crippen molar-refractivity contribution in [2.45, 2.75) is 52.4 Å². The Morgan fingerprint density at radius 1 is 1.42 bits per heavy atom. The van der Waals surface area contributed by atoms with E-state index in [9.17, 15) is 19.5 Å². The molecule has 1 saturated carbocycles. The Kier molecular flexibility index (Phi) is 4.59. The first-order valence-corrected chi connectivity index (χ1v) is 9.10. The predicted molar refractivity (Wildman–Crippen MR) is 92.8 cm³/mol. The highest BCUT2D eigenvalue weighted by atomic mass is 16.6. The average molecular weight is 362 g/mol. The number of fused-ring (bicyclic) bond motifs is 2. The number of ether oxygens (including phenoxy) is 2. The zero-order valence-electron chi connectivity index (χ0n) is 15.6. The number of hydrogen-bond donors (Lipinski definition) is 1. The van der Waals surface area contributed by atoms with Crippen molar-refractivity contribution >= 4 is 17.7 Å². The van der Waals surface area contributed by atoms with Crippen LogP contribution in [-0.2, 0) is 23.9 Å². The van der Waals surface area contributed by atoms with Gasteiger partial charge in [-0.15, -0.1) is 0 Å². The summed E-state index contributed by atoms with van der Waals surface area (Å²) < 4.78 is 11.3. The van der Waals surface area contributed by atoms with Crippen LogP contribution in [0, 0.1) is 29.1 Å². The van der Waals surface area contributed by atoms with Gasteiger partial charge in [0, 0.05) is 5.92 Å². The van der Waals surface area contributed by atoms with E-state index in [-0.39, 0.29) is 29.2 Å². The van der Waals surface area contributed by atoms with Crippen LogP contribution in [0.4, 0.5) is 0 Å². The van der Waals surface area contributed by atoms with Gasteiger partial charge in [0.25, 0.3) is 0 Å². The first-order valence-electron chi connectivity index (χ1n) is 9.10. The molecule has 1 unspecified atom stereocenters. The maximum absolute atomic E-state index is 12.8. The van der Waals surface area contributed by atoms with Crippen LogP contribution in [0.5, 0.6) is 0 Å². The minimum absolute atomic E-state index is 0.0738. The lowest BCUT2D eigenvalue weighted by molar-refractivity contribution is -0.164. The second-order valence-electron chi connectivity index (χ2n) is 8.11. The van der Waals surface area contributed by atoms with E-state index in [1.807, 2.05) is 13.0 Å². The van der Waals surface area contributed by atoms with Crippen LogP contribution < -0.4 is 0 Å². The molecule has 1 heterocycles. The summed E-state index contributed by atoms with van der Waals surface area (Å²) in [5.41, 5.74) is -1.04. The minimum atomic E-state index is -1.05. The van der Waals surface area contributed by atoms with Crippen molar-refractivity contribution in [1.82, 2.24) is 0 Å². The third-order valence-corrected chi connectivity index (χ3v) is 6.48. The number of carbonyl (C=O) groups excluding carboxylic acids is 3. The number of aliphatic hydroxyl groups is 1. The van der Waals surface area contributed by atoms with Crippen LogP contribution >= 0.6 is 0 Å². The van der Waals surface area contributed by atoms with Gasteiger partial charge in [-0.3, -0.25) is 9.59 Å². The largest absolute Gasteiger partial charge is 0.462 e. The van der Waals surface area contributed by atoms with Gasteiger partial charge < -0.3 is 14.6 Å². The zero-order chi connectivity index (χ0) is 19.4. The van der Waals surface area contributed by atoms with Crippen LogP contribution in [0.15, 0.2) is 24.3 Å². The molecule has 3 aliphatic rings. The van der Waals surface area contributed by atoms with Gasteiger partial charge in [-0.05, 0) is 38.2 Å². The van der Waals surface area contributed by atoms with Gasteiger partial charge in [-0.25, -0.2) is 4.79 Å². The molecule has 1 N–H and O–H groups in total. The second-order valence-corrected chi connectivity index (χ2v) is 8.11. The first-order chi connectivity index (χ1) is 12.1. The predicted octanol–water partition coefficient (Wildman–Crippen LogP) is 1.81. The fraction of sp³-hybridized carbons (Fsp3) is 0.650. The van der Waals surface area contributed by atoms with Crippen molar-refractivity contribution in [3.8, 4) is 0 Å². The van der Waals surface area contributed by atoms with Crippen LogP contribution in [0.3, 0.4) is 0 Å². The number of carbonyl (C=O) groups is 3. The molecule has 0 bridgehead atoms. The molecule has 0 aromatic heterocycles. The second kappa shape index (κ2) is 6.34. The van der Waals surface area contributed by atoms with Crippen molar-refractivity contribution < 1.29 is 29.0 Å². The molecule has 2 aliphatic carbocycles. The van der Waals surface area contributed by atoms with Crippen LogP contribution in [0.2, 0.25) is 0 Å². The normalized spacial score (nSPS) is 42.5. The Labute approximate surface area is 153 Å². The van der Waals surface area contributed by atoms with Gasteiger partial charge in [0.05, 0.1) is 23.0 Å². The number of esters is 2. The third kappa shape index (κ3) is 2.62. The van der Waals surface area contributed by atoms with E-state index in [0.717, 1.165) is 0 Å². The molecule has 0 aromatic carbocycles. The Morgan fingerprint density at radius 3 is 2.69 bits per heavy atom. The molecule has 6 heteroatoms. The van der Waals surface area contributed by atoms with Crippen molar-refractivity contribution in [2.24, 2.45) is 29.1 Å². The average Bonchev–Trinajstić information content (AvgIpc) is 2.99. The van der Waals surface area contributed by atoms with E-state index in [4.69, 9.17) is 9.47 Å². The molecule has 1 aliphatic heterocycles. The van der Waals surface area contributed by atoms with E-state index >= 15 is 0 Å². The summed E-state index contributed by atoms with van der Waals surface area (Å²) >= 11 is 0. The van der Waals surface area contributed by atoms with E-state index < -0.39 is 41.5 Å². The molecular weight excluding hydrogens is 336 g/mol. The summed E-state index contributed by atoms with van der Waals surface area (Å²) in [7, 11) is 0. The molecule has 0 spiro atoms. The molecule has 8 atom stereocenters. The van der Waals surface area contributed by atoms with Crippen molar-refractivity contribution in [2.75, 3.05) is 0 Å². The number of allylic oxidation sites excluding steroid dienone is 2. The fourth-order valence-electron chi connectivity index (χ4n) is 4.80. The van der Waals surface area contributed by atoms with Crippen molar-refractivity contribution in [3.63, 3.8) is 0 Å². The maximum atomic E-state index is 12.8. The monoisotopic (exact) mass is 362 g/mol. The summed E-state index contributed by atoms with van der Waals surface area (Å²) in [6.45, 7) is 10.6. The number of rotatable bonds is 3. The lowest BCUT2D eigenvalue weighted by Gasteiger charge is -2.40. The highest BCUT2D eigenvalue weighted by Gasteiger charge is 2.62. The zero-order valence-corrected chi connectivity index (χ0v) is 15.6. The SMILES string of the molecule is C=C(C(=O)O[C@H]1[C@@H]2C(C)C(=O)O[C@@H]2C[C@@H](C)[C@@H]2C=CC(=O)[C@]21C)[C@@H](C)O. The van der Waals surface area contributed by atoms with E-state index in [2.05, 4.69) is 6.58 Å². The molecule has 26 heavy (non-hydrogen) atoms. The van der Waals surface area contributed by atoms with Gasteiger partial charge in [0.2, 0.25) is 0 Å². The molecule has 0 aromatic rings. The summed E-state index contributed by atoms with van der Waals surface area (Å²) in [6.07, 6.45) is 1.77. The summed E-state index contributed by atoms with van der Waals surface area (Å²) in [5.74, 6) is -2.08. The van der Waals surface area contributed by atoms with Gasteiger partial charge in [0.15, 0.2) is 5.78 Å². The minimum Gasteiger partial charge on any atom is -0.462 e. The van der Waals surface area contributed by atoms with Gasteiger partial charge in [0.1, 0.15) is 12.2 Å². The molecule has 3 rings (SSSR count). The first kappa shape index (κ1) is 18.8. The molecule has 1 saturated heterocycles. The molecule has 6 nitrogen and oxygen atoms in total. The quantitative estimate of drug-likeness (QED) is 0.608. The highest BCUT2D eigenvalue weighted by Crippen LogP contribution is 2.54. The van der Waals surface area contributed by atoms with Crippen LogP contribution in [0.1, 0.15) is 34.1 Å². The Morgan fingerprint density at radius 2 is 2.08 bits per heavy atom. The molecule has 2 fully saturated rings. The Hall–Kier alpha value is -1.95. The number of aliphatic hydroxyl groups excluding tert-OH is 1. The summed E-state index contributed by atoms with van der Waals surface area (Å²) in [6, 6.07) is 0. The Bertz CT molecular complexity index is 692. The fourth-order valence-corrected chi connectivity index (χ4v) is 4.80. The molecule has 0 amide bonds. The molecular formula is C20H26O6. The van der Waals surface area contributed by atoms with Gasteiger partial charge in [-0.2, -0.15) is 0 Å². The lowest BCUT2D eigenvalue weighted by Crippen LogP contribution is -2.50. The lowest BCUT2D eigenvalue weighted by atomic mass is 9.66. The highest BCUT2D eigenvalue weighted by molar-refractivity contribution is 5.99. The topological polar surface area (TPSA) is 89.9 Å². The third-order valence-electron chi connectivity index (χ3n) is 6.48. The van der Waals surface area contributed by atoms with Crippen molar-refractivity contribution in [1.29, 1.82) is 0 Å². The van der Waals surface area contributed by atoms with E-state index in [1.54, 1.807) is 19.9 Å². The smallest absolute Gasteiger partial charge is 0.336 e. The summed E-state index contributed by atoms with van der Waals surface area (Å²) in [5, 5.41) is 9.65. The van der Waals surface area contributed by atoms with Crippen LogP contribution in [0.25, 0.3) is 0 Å². The molecule has 0 radical (unpaired) electrons. The standard InChI is InChI=1S/C20H26O6/c1-9-8-14-16(11(3)19(24)25-14)17(26-18(23)10(2)12(4)21)20(5)13(9)6-7-15(20)22/h6-7,9,11-14,16-17,21H,2,8H2,1,3-5H3/t9-,11?,12-,13+,14-,16-,17+,20+/m1/s1.